The maximum Gasteiger partial charge on any atom is 0.159 e. The van der Waals surface area contributed by atoms with Crippen LogP contribution in [0, 0.1) is 17.3 Å². The third kappa shape index (κ3) is 0.806. The number of ether oxygens (including phenoxy) is 1. The van der Waals surface area contributed by atoms with Crippen molar-refractivity contribution in [2.24, 2.45) is 17.3 Å². The Morgan fingerprint density at radius 1 is 1.25 bits per heavy atom. The first kappa shape index (κ1) is 9.41. The zero-order valence-corrected chi connectivity index (χ0v) is 9.79. The third-order valence-corrected chi connectivity index (χ3v) is 5.60. The van der Waals surface area contributed by atoms with Gasteiger partial charge in [0, 0.05) is 23.3 Å². The van der Waals surface area contributed by atoms with Crippen molar-refractivity contribution < 1.29 is 9.53 Å². The molecule has 2 saturated carbocycles. The molecule has 0 aromatic carbocycles. The van der Waals surface area contributed by atoms with Crippen LogP contribution in [-0.2, 0) is 9.53 Å². The highest BCUT2D eigenvalue weighted by Gasteiger charge is 2.67. The van der Waals surface area contributed by atoms with Gasteiger partial charge in [-0.05, 0) is 38.5 Å². The minimum Gasteiger partial charge on any atom is -0.377 e. The summed E-state index contributed by atoms with van der Waals surface area (Å²) < 4.78 is 5.98. The van der Waals surface area contributed by atoms with Crippen LogP contribution >= 0.6 is 0 Å². The van der Waals surface area contributed by atoms with E-state index in [1.807, 2.05) is 0 Å². The molecule has 1 saturated heterocycles. The predicted molar refractivity (Wildman–Crippen MR) is 59.9 cm³/mol. The highest BCUT2D eigenvalue weighted by atomic mass is 16.5. The molecular formula is C14H18O2. The van der Waals surface area contributed by atoms with Gasteiger partial charge in [0.25, 0.3) is 0 Å². The molecule has 0 aromatic rings. The molecule has 0 radical (unpaired) electrons. The summed E-state index contributed by atoms with van der Waals surface area (Å²) >= 11 is 0. The van der Waals surface area contributed by atoms with E-state index in [0.29, 0.717) is 17.8 Å². The summed E-state index contributed by atoms with van der Waals surface area (Å²) in [6.45, 7) is 3.01. The van der Waals surface area contributed by atoms with E-state index in [9.17, 15) is 4.79 Å². The normalized spacial score (nSPS) is 49.8. The van der Waals surface area contributed by atoms with Crippen molar-refractivity contribution in [2.75, 3.05) is 6.61 Å². The van der Waals surface area contributed by atoms with Crippen LogP contribution < -0.4 is 0 Å². The first-order chi connectivity index (χ1) is 7.74. The smallest absolute Gasteiger partial charge is 0.159 e. The molecule has 2 nitrogen and oxygen atoms in total. The molecular weight excluding hydrogens is 200 g/mol. The lowest BCUT2D eigenvalue weighted by Crippen LogP contribution is -2.39. The maximum absolute atomic E-state index is 12.2. The Hall–Kier alpha value is -0.630. The maximum atomic E-state index is 12.2. The van der Waals surface area contributed by atoms with Gasteiger partial charge in [-0.25, -0.2) is 0 Å². The molecule has 4 unspecified atom stereocenters. The highest BCUT2D eigenvalue weighted by molar-refractivity contribution is 6.01. The molecule has 4 aliphatic rings. The van der Waals surface area contributed by atoms with Crippen molar-refractivity contribution in [1.82, 2.24) is 0 Å². The quantitative estimate of drug-likeness (QED) is 0.624. The molecule has 16 heavy (non-hydrogen) atoms. The van der Waals surface area contributed by atoms with Gasteiger partial charge in [-0.15, -0.1) is 0 Å². The number of allylic oxidation sites excluding steroid dienone is 1. The number of Topliss-reactive ketones (excluding diaryl/α,β-unsaturated/α-hetero) is 1. The summed E-state index contributed by atoms with van der Waals surface area (Å²) in [5.41, 5.74) is 2.77. The van der Waals surface area contributed by atoms with Crippen LogP contribution in [0.1, 0.15) is 39.0 Å². The van der Waals surface area contributed by atoms with E-state index in [1.54, 1.807) is 0 Å². The van der Waals surface area contributed by atoms with Crippen LogP contribution in [0.3, 0.4) is 0 Å². The standard InChI is InChI=1S/C14H18O2/c1-8-2-3-9-4-5-12-14(9)10(7-16-12)6-11(15)13(8)14/h9-10,12H,2-7H2,1H3. The molecule has 0 amide bonds. The molecule has 3 aliphatic carbocycles. The van der Waals surface area contributed by atoms with Crippen LogP contribution in [0.25, 0.3) is 0 Å². The summed E-state index contributed by atoms with van der Waals surface area (Å²) in [6.07, 6.45) is 6.04. The predicted octanol–water partition coefficient (Wildman–Crippen LogP) is 2.48. The van der Waals surface area contributed by atoms with E-state index in [2.05, 4.69) is 6.92 Å². The van der Waals surface area contributed by atoms with Crippen molar-refractivity contribution >= 4 is 5.78 Å². The second-order valence-corrected chi connectivity index (χ2v) is 6.05. The summed E-state index contributed by atoms with van der Waals surface area (Å²) in [5, 5.41) is 0. The summed E-state index contributed by atoms with van der Waals surface area (Å²) in [5.74, 6) is 1.71. The van der Waals surface area contributed by atoms with Gasteiger partial charge in [-0.2, -0.15) is 0 Å². The Balaban J connectivity index is 1.98. The molecule has 4 rings (SSSR count). The molecule has 86 valence electrons. The first-order valence-electron chi connectivity index (χ1n) is 6.59. The van der Waals surface area contributed by atoms with Crippen LogP contribution in [0.4, 0.5) is 0 Å². The Morgan fingerprint density at radius 2 is 2.12 bits per heavy atom. The van der Waals surface area contributed by atoms with E-state index in [1.165, 1.54) is 30.4 Å². The van der Waals surface area contributed by atoms with Crippen LogP contribution in [-0.4, -0.2) is 18.5 Å². The van der Waals surface area contributed by atoms with Gasteiger partial charge < -0.3 is 4.74 Å². The van der Waals surface area contributed by atoms with E-state index >= 15 is 0 Å². The number of carbonyl (C=O) groups excluding carboxylic acids is 1. The Kier molecular flexibility index (Phi) is 1.64. The van der Waals surface area contributed by atoms with Gasteiger partial charge in [0.2, 0.25) is 0 Å². The zero-order chi connectivity index (χ0) is 10.9. The number of carbonyl (C=O) groups is 1. The first-order valence-corrected chi connectivity index (χ1v) is 6.59. The van der Waals surface area contributed by atoms with Gasteiger partial charge >= 0.3 is 0 Å². The van der Waals surface area contributed by atoms with Gasteiger partial charge in [0.15, 0.2) is 5.78 Å². The van der Waals surface area contributed by atoms with E-state index < -0.39 is 0 Å². The van der Waals surface area contributed by atoms with Crippen molar-refractivity contribution in [3.63, 3.8) is 0 Å². The van der Waals surface area contributed by atoms with E-state index in [0.717, 1.165) is 25.4 Å². The molecule has 0 bridgehead atoms. The number of ketones is 1. The van der Waals surface area contributed by atoms with Crippen LogP contribution in [0.2, 0.25) is 0 Å². The average Bonchev–Trinajstić information content (AvgIpc) is 2.83. The van der Waals surface area contributed by atoms with E-state index in [4.69, 9.17) is 4.74 Å². The summed E-state index contributed by atoms with van der Waals surface area (Å²) in [4.78, 5) is 12.2. The second kappa shape index (κ2) is 2.79. The SMILES string of the molecule is CC1=C2C(=O)CC3COC4CCC(CC1)C234. The van der Waals surface area contributed by atoms with Gasteiger partial charge in [0.1, 0.15) is 0 Å². The average molecular weight is 218 g/mol. The lowest BCUT2D eigenvalue weighted by atomic mass is 9.62. The van der Waals surface area contributed by atoms with Crippen molar-refractivity contribution in [2.45, 2.75) is 45.1 Å². The second-order valence-electron chi connectivity index (χ2n) is 6.05. The Morgan fingerprint density at radius 3 is 3.00 bits per heavy atom. The van der Waals surface area contributed by atoms with Crippen molar-refractivity contribution in [3.05, 3.63) is 11.1 Å². The Labute approximate surface area is 96.0 Å². The summed E-state index contributed by atoms with van der Waals surface area (Å²) in [6, 6.07) is 0. The minimum atomic E-state index is 0.180. The third-order valence-electron chi connectivity index (χ3n) is 5.60. The van der Waals surface area contributed by atoms with Gasteiger partial charge in [0.05, 0.1) is 12.7 Å². The number of hydrogen-bond acceptors (Lipinski definition) is 2. The van der Waals surface area contributed by atoms with Crippen LogP contribution in [0.15, 0.2) is 11.1 Å². The molecule has 1 heterocycles. The molecule has 0 N–H and O–H groups in total. The monoisotopic (exact) mass is 218 g/mol. The molecule has 0 aromatic heterocycles. The molecule has 3 fully saturated rings. The molecule has 4 atom stereocenters. The van der Waals surface area contributed by atoms with Crippen molar-refractivity contribution in [1.29, 1.82) is 0 Å². The molecule has 2 heteroatoms. The summed E-state index contributed by atoms with van der Waals surface area (Å²) in [7, 11) is 0. The fourth-order valence-corrected chi connectivity index (χ4v) is 5.15. The molecule has 1 aliphatic heterocycles. The topological polar surface area (TPSA) is 26.3 Å². The Bertz CT molecular complexity index is 409. The lowest BCUT2D eigenvalue weighted by molar-refractivity contribution is -0.115. The fraction of sp³-hybridized carbons (Fsp3) is 0.786. The van der Waals surface area contributed by atoms with Gasteiger partial charge in [-0.3, -0.25) is 4.79 Å². The largest absolute Gasteiger partial charge is 0.377 e. The number of rotatable bonds is 0. The van der Waals surface area contributed by atoms with Crippen molar-refractivity contribution in [3.8, 4) is 0 Å². The molecule has 1 spiro atoms. The van der Waals surface area contributed by atoms with Gasteiger partial charge in [-0.1, -0.05) is 5.57 Å². The fourth-order valence-electron chi connectivity index (χ4n) is 5.15. The van der Waals surface area contributed by atoms with E-state index in [-0.39, 0.29) is 5.41 Å². The highest BCUT2D eigenvalue weighted by Crippen LogP contribution is 2.66. The number of hydrogen-bond donors (Lipinski definition) is 0. The van der Waals surface area contributed by atoms with Crippen LogP contribution in [0.5, 0.6) is 0 Å². The zero-order valence-electron chi connectivity index (χ0n) is 9.79. The lowest BCUT2D eigenvalue weighted by Gasteiger charge is -2.40. The minimum absolute atomic E-state index is 0.180.